The summed E-state index contributed by atoms with van der Waals surface area (Å²) in [6.45, 7) is 1.48. The Morgan fingerprint density at radius 1 is 1.00 bits per heavy atom. The molecule has 2 bridgehead atoms. The fraction of sp³-hybridized carbons (Fsp3) is 0.438. The number of rotatable bonds is 1. The Balaban J connectivity index is 1.96. The molecule has 2 atom stereocenters. The largest absolute Gasteiger partial charge is 0.336 e. The summed E-state index contributed by atoms with van der Waals surface area (Å²) in [5.74, 6) is -0.743. The van der Waals surface area contributed by atoms with Crippen molar-refractivity contribution in [3.63, 3.8) is 0 Å². The third kappa shape index (κ3) is 3.08. The molecule has 2 aliphatic heterocycles. The number of nitrogens with zero attached hydrogens (tertiary/aromatic N) is 2. The van der Waals surface area contributed by atoms with Gasteiger partial charge in [-0.2, -0.15) is 0 Å². The van der Waals surface area contributed by atoms with Crippen molar-refractivity contribution in [1.29, 1.82) is 0 Å². The molecule has 0 aliphatic carbocycles. The van der Waals surface area contributed by atoms with Crippen LogP contribution in [-0.2, 0) is 14.4 Å². The molecule has 2 fully saturated rings. The average Bonchev–Trinajstić information content (AvgIpc) is 2.80. The van der Waals surface area contributed by atoms with Gasteiger partial charge in [-0.1, -0.05) is 23.2 Å². The summed E-state index contributed by atoms with van der Waals surface area (Å²) in [6, 6.07) is 4.36. The molecule has 7 heteroatoms. The van der Waals surface area contributed by atoms with Crippen LogP contribution in [0.5, 0.6) is 0 Å². The van der Waals surface area contributed by atoms with Gasteiger partial charge in [0, 0.05) is 41.9 Å². The maximum atomic E-state index is 12.6. The van der Waals surface area contributed by atoms with Crippen molar-refractivity contribution in [2.45, 2.75) is 44.7 Å². The summed E-state index contributed by atoms with van der Waals surface area (Å²) in [4.78, 5) is 40.0. The van der Waals surface area contributed by atoms with E-state index in [1.54, 1.807) is 23.1 Å². The SMILES string of the molecule is CC(=O)N1C2CCC1CC(=O)N(c1cc(Cl)cc(Cl)c1)C(=O)C2. The van der Waals surface area contributed by atoms with E-state index in [2.05, 4.69) is 0 Å². The number of imide groups is 1. The number of hydrogen-bond acceptors (Lipinski definition) is 3. The van der Waals surface area contributed by atoms with Crippen LogP contribution in [0.2, 0.25) is 10.0 Å². The highest BCUT2D eigenvalue weighted by Gasteiger charge is 2.42. The molecule has 0 spiro atoms. The van der Waals surface area contributed by atoms with Crippen LogP contribution in [0.3, 0.4) is 0 Å². The van der Waals surface area contributed by atoms with Gasteiger partial charge in [0.1, 0.15) is 0 Å². The van der Waals surface area contributed by atoms with Crippen LogP contribution in [0, 0.1) is 0 Å². The smallest absolute Gasteiger partial charge is 0.235 e. The Kier molecular flexibility index (Phi) is 4.34. The monoisotopic (exact) mass is 354 g/mol. The normalized spacial score (nSPS) is 24.7. The molecule has 122 valence electrons. The van der Waals surface area contributed by atoms with Gasteiger partial charge in [-0.3, -0.25) is 19.3 Å². The Morgan fingerprint density at radius 2 is 1.48 bits per heavy atom. The third-order valence-electron chi connectivity index (χ3n) is 4.41. The van der Waals surface area contributed by atoms with E-state index in [4.69, 9.17) is 23.2 Å². The maximum absolute atomic E-state index is 12.6. The molecule has 0 N–H and O–H groups in total. The maximum Gasteiger partial charge on any atom is 0.235 e. The van der Waals surface area contributed by atoms with Gasteiger partial charge in [-0.15, -0.1) is 0 Å². The van der Waals surface area contributed by atoms with Gasteiger partial charge in [0.15, 0.2) is 0 Å². The topological polar surface area (TPSA) is 57.7 Å². The van der Waals surface area contributed by atoms with E-state index < -0.39 is 0 Å². The highest BCUT2D eigenvalue weighted by atomic mass is 35.5. The van der Waals surface area contributed by atoms with Crippen LogP contribution in [0.4, 0.5) is 5.69 Å². The number of amides is 3. The molecule has 0 saturated carbocycles. The highest BCUT2D eigenvalue weighted by molar-refractivity contribution is 6.35. The minimum atomic E-state index is -0.329. The average molecular weight is 355 g/mol. The fourth-order valence-electron chi connectivity index (χ4n) is 3.56. The molecule has 3 amide bonds. The lowest BCUT2D eigenvalue weighted by Crippen LogP contribution is -2.50. The van der Waals surface area contributed by atoms with Crippen molar-refractivity contribution >= 4 is 46.6 Å². The lowest BCUT2D eigenvalue weighted by molar-refractivity contribution is -0.135. The summed E-state index contributed by atoms with van der Waals surface area (Å²) in [7, 11) is 0. The molecule has 0 aromatic heterocycles. The second-order valence-corrected chi connectivity index (χ2v) is 6.84. The Hall–Kier alpha value is -1.59. The Bertz CT molecular complexity index is 646. The number of carbonyl (C=O) groups is 3. The molecule has 2 aliphatic rings. The zero-order valence-electron chi connectivity index (χ0n) is 12.6. The first-order chi connectivity index (χ1) is 10.9. The number of hydrogen-bond donors (Lipinski definition) is 0. The second-order valence-electron chi connectivity index (χ2n) is 5.97. The van der Waals surface area contributed by atoms with Crippen LogP contribution in [0.1, 0.15) is 32.6 Å². The number of anilines is 1. The van der Waals surface area contributed by atoms with E-state index in [1.165, 1.54) is 6.92 Å². The van der Waals surface area contributed by atoms with E-state index >= 15 is 0 Å². The Morgan fingerprint density at radius 3 is 1.91 bits per heavy atom. The number of fused-ring (bicyclic) bond motifs is 2. The quantitative estimate of drug-likeness (QED) is 0.728. The molecule has 23 heavy (non-hydrogen) atoms. The van der Waals surface area contributed by atoms with Crippen molar-refractivity contribution in [1.82, 2.24) is 4.90 Å². The zero-order chi connectivity index (χ0) is 16.7. The van der Waals surface area contributed by atoms with Gasteiger partial charge in [0.25, 0.3) is 0 Å². The minimum Gasteiger partial charge on any atom is -0.336 e. The molecular weight excluding hydrogens is 339 g/mol. The fourth-order valence-corrected chi connectivity index (χ4v) is 4.07. The molecule has 1 aromatic carbocycles. The van der Waals surface area contributed by atoms with E-state index in [1.807, 2.05) is 0 Å². The van der Waals surface area contributed by atoms with E-state index in [9.17, 15) is 14.4 Å². The summed E-state index contributed by atoms with van der Waals surface area (Å²) >= 11 is 12.0. The van der Waals surface area contributed by atoms with Gasteiger partial charge in [-0.05, 0) is 31.0 Å². The highest BCUT2D eigenvalue weighted by Crippen LogP contribution is 2.34. The van der Waals surface area contributed by atoms with Crippen molar-refractivity contribution in [3.05, 3.63) is 28.2 Å². The van der Waals surface area contributed by atoms with Crippen LogP contribution in [0.25, 0.3) is 0 Å². The third-order valence-corrected chi connectivity index (χ3v) is 4.84. The summed E-state index contributed by atoms with van der Waals surface area (Å²) in [5.41, 5.74) is 0.383. The molecule has 0 radical (unpaired) electrons. The molecule has 5 nitrogen and oxygen atoms in total. The van der Waals surface area contributed by atoms with Crippen LogP contribution in [0.15, 0.2) is 18.2 Å². The number of halogens is 2. The second kappa shape index (κ2) is 6.13. The van der Waals surface area contributed by atoms with Crippen molar-refractivity contribution in [3.8, 4) is 0 Å². The van der Waals surface area contributed by atoms with Crippen molar-refractivity contribution in [2.24, 2.45) is 0 Å². The molecular formula is C16H16Cl2N2O3. The van der Waals surface area contributed by atoms with Gasteiger partial charge < -0.3 is 4.90 Å². The zero-order valence-corrected chi connectivity index (χ0v) is 14.1. The summed E-state index contributed by atoms with van der Waals surface area (Å²) in [6.07, 6.45) is 1.75. The van der Waals surface area contributed by atoms with Crippen molar-refractivity contribution in [2.75, 3.05) is 4.90 Å². The van der Waals surface area contributed by atoms with Gasteiger partial charge in [-0.25, -0.2) is 0 Å². The first-order valence-electron chi connectivity index (χ1n) is 7.47. The Labute approximate surface area is 144 Å². The van der Waals surface area contributed by atoms with Crippen molar-refractivity contribution < 1.29 is 14.4 Å². The summed E-state index contributed by atoms with van der Waals surface area (Å²) in [5, 5.41) is 0.729. The predicted octanol–water partition coefficient (Wildman–Crippen LogP) is 3.03. The standard InChI is InChI=1S/C16H16Cl2N2O3/c1-9(21)19-12-2-3-13(19)8-16(23)20(15(22)7-12)14-5-10(17)4-11(18)6-14/h4-6,12-13H,2-3,7-8H2,1H3. The minimum absolute atomic E-state index is 0.0858. The van der Waals surface area contributed by atoms with Gasteiger partial charge >= 0.3 is 0 Å². The molecule has 2 heterocycles. The van der Waals surface area contributed by atoms with Gasteiger partial charge in [0.05, 0.1) is 5.69 Å². The van der Waals surface area contributed by atoms with Crippen LogP contribution >= 0.6 is 23.2 Å². The van der Waals surface area contributed by atoms with E-state index in [0.29, 0.717) is 15.7 Å². The van der Waals surface area contributed by atoms with E-state index in [-0.39, 0.29) is 42.6 Å². The van der Waals surface area contributed by atoms with E-state index in [0.717, 1.165) is 17.7 Å². The molecule has 2 saturated heterocycles. The number of benzene rings is 1. The number of carbonyl (C=O) groups excluding carboxylic acids is 3. The molecule has 2 unspecified atom stereocenters. The van der Waals surface area contributed by atoms with Crippen LogP contribution in [-0.4, -0.2) is 34.7 Å². The lowest BCUT2D eigenvalue weighted by atomic mass is 10.1. The van der Waals surface area contributed by atoms with Gasteiger partial charge in [0.2, 0.25) is 17.7 Å². The first-order valence-corrected chi connectivity index (χ1v) is 8.23. The first kappa shape index (κ1) is 16.3. The summed E-state index contributed by atoms with van der Waals surface area (Å²) < 4.78 is 0. The lowest BCUT2D eigenvalue weighted by Gasteiger charge is -2.34. The van der Waals surface area contributed by atoms with Crippen LogP contribution < -0.4 is 4.90 Å². The molecule has 3 rings (SSSR count). The molecule has 1 aromatic rings. The predicted molar refractivity (Wildman–Crippen MR) is 87.5 cm³/mol.